The molecule has 0 aromatic heterocycles. The number of nitrogens with one attached hydrogen (secondary N) is 1. The molecule has 2 aliphatic heterocycles. The number of hydrogen-bond acceptors (Lipinski definition) is 8. The van der Waals surface area contributed by atoms with E-state index < -0.39 is 34.5 Å². The Balaban J connectivity index is 1.69. The Kier molecular flexibility index (Phi) is 7.63. The van der Waals surface area contributed by atoms with Gasteiger partial charge in [0.25, 0.3) is 0 Å². The van der Waals surface area contributed by atoms with Gasteiger partial charge in [0.15, 0.2) is 5.41 Å². The van der Waals surface area contributed by atoms with Crippen LogP contribution in [-0.4, -0.2) is 25.4 Å². The lowest BCUT2D eigenvalue weighted by Crippen LogP contribution is -2.57. The minimum atomic E-state index is -2.05. The number of nitrogens with zero attached hydrogens (tertiary/aromatic N) is 3. The summed E-state index contributed by atoms with van der Waals surface area (Å²) >= 11 is 0. The van der Waals surface area contributed by atoms with Crippen molar-refractivity contribution in [3.8, 4) is 29.7 Å². The molecule has 0 spiro atoms. The van der Waals surface area contributed by atoms with Crippen LogP contribution in [0, 0.1) is 50.2 Å². The van der Waals surface area contributed by atoms with E-state index in [2.05, 4.69) is 25.1 Å². The quantitative estimate of drug-likeness (QED) is 0.377. The van der Waals surface area contributed by atoms with Crippen LogP contribution in [-0.2, 0) is 9.47 Å². The van der Waals surface area contributed by atoms with Crippen molar-refractivity contribution in [3.05, 3.63) is 59.7 Å². The fourth-order valence-electron chi connectivity index (χ4n) is 5.72. The summed E-state index contributed by atoms with van der Waals surface area (Å²) in [5.74, 6) is -1.53. The summed E-state index contributed by atoms with van der Waals surface area (Å²) in [6.45, 7) is 4.44. The van der Waals surface area contributed by atoms with Gasteiger partial charge in [0.2, 0.25) is 17.1 Å². The molecule has 2 fully saturated rings. The summed E-state index contributed by atoms with van der Waals surface area (Å²) in [5, 5.41) is 40.3. The summed E-state index contributed by atoms with van der Waals surface area (Å²) in [5.41, 5.74) is -2.83. The Morgan fingerprint density at radius 1 is 0.868 bits per heavy atom. The molecule has 2 aliphatic rings. The number of unbranched alkanes of at least 4 members (excludes halogenated alkanes) is 4. The number of hydrogen-bond donors (Lipinski definition) is 1. The lowest BCUT2D eigenvalue weighted by Gasteiger charge is -2.48. The van der Waals surface area contributed by atoms with Crippen LogP contribution in [0.2, 0.25) is 0 Å². The van der Waals surface area contributed by atoms with Gasteiger partial charge in [0.05, 0.1) is 37.8 Å². The zero-order chi connectivity index (χ0) is 27.4. The van der Waals surface area contributed by atoms with E-state index in [0.717, 1.165) is 12.8 Å². The highest BCUT2D eigenvalue weighted by atomic mass is 16.7. The number of methoxy groups -OCH3 is 1. The van der Waals surface area contributed by atoms with Crippen molar-refractivity contribution in [2.24, 2.45) is 10.8 Å². The molecule has 8 nitrogen and oxygen atoms in total. The maximum Gasteiger partial charge on any atom is 0.218 e. The predicted octanol–water partition coefficient (Wildman–Crippen LogP) is 6.17. The van der Waals surface area contributed by atoms with E-state index in [1.165, 1.54) is 19.3 Å². The van der Waals surface area contributed by atoms with Crippen molar-refractivity contribution in [1.29, 1.82) is 21.2 Å². The van der Waals surface area contributed by atoms with E-state index in [0.29, 0.717) is 29.2 Å². The molecule has 8 heteroatoms. The maximum atomic E-state index is 10.6. The topological polar surface area (TPSA) is 132 Å². The van der Waals surface area contributed by atoms with Gasteiger partial charge in [-0.25, -0.2) is 0 Å². The van der Waals surface area contributed by atoms with Gasteiger partial charge in [0.1, 0.15) is 17.6 Å². The summed E-state index contributed by atoms with van der Waals surface area (Å²) < 4.78 is 23.4. The largest absolute Gasteiger partial charge is 0.497 e. The van der Waals surface area contributed by atoms with E-state index in [-0.39, 0.29) is 0 Å². The number of benzene rings is 2. The minimum absolute atomic E-state index is 0.447. The van der Waals surface area contributed by atoms with Crippen LogP contribution in [0.25, 0.3) is 0 Å². The average Bonchev–Trinajstić information content (AvgIpc) is 3.13. The van der Waals surface area contributed by atoms with Crippen LogP contribution >= 0.6 is 0 Å². The van der Waals surface area contributed by atoms with Crippen molar-refractivity contribution < 1.29 is 18.9 Å². The maximum absolute atomic E-state index is 10.6. The second kappa shape index (κ2) is 10.7. The van der Waals surface area contributed by atoms with Crippen LogP contribution in [0.1, 0.15) is 69.1 Å². The van der Waals surface area contributed by atoms with Gasteiger partial charge >= 0.3 is 0 Å². The molecule has 196 valence electrons. The molecule has 2 heterocycles. The van der Waals surface area contributed by atoms with Crippen LogP contribution in [0.15, 0.2) is 48.5 Å². The van der Waals surface area contributed by atoms with Crippen molar-refractivity contribution in [2.75, 3.05) is 13.7 Å². The molecule has 4 unspecified atom stereocenters. The fourth-order valence-corrected chi connectivity index (χ4v) is 5.72. The van der Waals surface area contributed by atoms with E-state index in [1.54, 1.807) is 62.6 Å². The molecule has 2 bridgehead atoms. The SMILES string of the molecule is CCCCCCCOc1ccc(C2OC3(C)OC(=N)C(C#N)(C3c3ccc(OC)cc3)C2(C#N)C#N)cc1. The normalized spacial score (nSPS) is 26.9. The molecule has 2 aromatic carbocycles. The van der Waals surface area contributed by atoms with Crippen LogP contribution in [0.5, 0.6) is 11.5 Å². The average molecular weight is 513 g/mol. The van der Waals surface area contributed by atoms with Crippen molar-refractivity contribution in [1.82, 2.24) is 0 Å². The molecular formula is C30H32N4O4. The molecule has 4 atom stereocenters. The van der Waals surface area contributed by atoms with Gasteiger partial charge in [-0.3, -0.25) is 5.41 Å². The second-order valence-electron chi connectivity index (χ2n) is 9.93. The zero-order valence-corrected chi connectivity index (χ0v) is 22.0. The third-order valence-electron chi connectivity index (χ3n) is 7.67. The number of nitriles is 3. The first-order valence-electron chi connectivity index (χ1n) is 12.9. The first-order valence-corrected chi connectivity index (χ1v) is 12.9. The van der Waals surface area contributed by atoms with Crippen molar-refractivity contribution in [3.63, 3.8) is 0 Å². The monoisotopic (exact) mass is 512 g/mol. The molecule has 0 aliphatic carbocycles. The lowest BCUT2D eigenvalue weighted by molar-refractivity contribution is -0.253. The highest BCUT2D eigenvalue weighted by Gasteiger charge is 2.79. The molecule has 2 aromatic rings. The molecule has 4 rings (SSSR count). The standard InChI is InChI=1S/C30H32N4O4/c1-4-5-6-7-8-17-36-24-15-11-22(12-16-24)26-29(18-31,19-32)30(20-33)25(28(2,37-26)38-27(30)34)21-9-13-23(35-3)14-10-21/h9-16,25-26,34H,4-8,17H2,1-3H3. The van der Waals surface area contributed by atoms with Crippen molar-refractivity contribution in [2.45, 2.75) is 63.8 Å². The molecule has 1 N–H and O–H groups in total. The van der Waals surface area contributed by atoms with Gasteiger partial charge in [-0.1, -0.05) is 56.9 Å². The highest BCUT2D eigenvalue weighted by Crippen LogP contribution is 2.69. The molecule has 0 radical (unpaired) electrons. The Labute approximate surface area is 223 Å². The lowest BCUT2D eigenvalue weighted by atomic mass is 9.52. The van der Waals surface area contributed by atoms with Crippen LogP contribution in [0.4, 0.5) is 0 Å². The van der Waals surface area contributed by atoms with Gasteiger partial charge in [-0.15, -0.1) is 0 Å². The molecule has 0 amide bonds. The predicted molar refractivity (Wildman–Crippen MR) is 139 cm³/mol. The number of ether oxygens (including phenoxy) is 4. The number of rotatable bonds is 10. The van der Waals surface area contributed by atoms with Gasteiger partial charge in [-0.05, 0) is 41.8 Å². The highest BCUT2D eigenvalue weighted by molar-refractivity contribution is 5.90. The van der Waals surface area contributed by atoms with E-state index in [9.17, 15) is 15.8 Å². The summed E-state index contributed by atoms with van der Waals surface area (Å²) in [6, 6.07) is 20.3. The van der Waals surface area contributed by atoms with Gasteiger partial charge in [0, 0.05) is 6.92 Å². The number of fused-ring (bicyclic) bond motifs is 2. The second-order valence-corrected chi connectivity index (χ2v) is 9.93. The van der Waals surface area contributed by atoms with Crippen LogP contribution in [0.3, 0.4) is 0 Å². The molecule has 2 saturated heterocycles. The van der Waals surface area contributed by atoms with Gasteiger partial charge < -0.3 is 18.9 Å². The molecule has 0 saturated carbocycles. The van der Waals surface area contributed by atoms with E-state index >= 15 is 0 Å². The summed E-state index contributed by atoms with van der Waals surface area (Å²) in [6.07, 6.45) is 4.55. The third kappa shape index (κ3) is 4.14. The Hall–Kier alpha value is -4.06. The molecule has 38 heavy (non-hydrogen) atoms. The Bertz CT molecular complexity index is 1270. The molecular weight excluding hydrogens is 480 g/mol. The zero-order valence-electron chi connectivity index (χ0n) is 22.0. The first kappa shape index (κ1) is 27.0. The Morgan fingerprint density at radius 3 is 2.05 bits per heavy atom. The smallest absolute Gasteiger partial charge is 0.218 e. The van der Waals surface area contributed by atoms with Crippen LogP contribution < -0.4 is 9.47 Å². The van der Waals surface area contributed by atoms with Crippen molar-refractivity contribution >= 4 is 5.90 Å². The summed E-state index contributed by atoms with van der Waals surface area (Å²) in [7, 11) is 1.55. The van der Waals surface area contributed by atoms with E-state index in [1.807, 2.05) is 0 Å². The fraction of sp³-hybridized carbons (Fsp3) is 0.467. The van der Waals surface area contributed by atoms with E-state index in [4.69, 9.17) is 24.4 Å². The van der Waals surface area contributed by atoms with Gasteiger partial charge in [-0.2, -0.15) is 15.8 Å². The minimum Gasteiger partial charge on any atom is -0.497 e. The first-order chi connectivity index (χ1) is 18.4. The third-order valence-corrected chi connectivity index (χ3v) is 7.67. The Morgan fingerprint density at radius 2 is 1.47 bits per heavy atom. The summed E-state index contributed by atoms with van der Waals surface area (Å²) in [4.78, 5) is 0.